The number of rotatable bonds is 7. The first-order chi connectivity index (χ1) is 26.9. The van der Waals surface area contributed by atoms with Crippen LogP contribution in [-0.4, -0.2) is 95.6 Å². The summed E-state index contributed by atoms with van der Waals surface area (Å²) in [6, 6.07) is 0. The maximum absolute atomic E-state index is 13.6. The van der Waals surface area contributed by atoms with Crippen LogP contribution >= 0.6 is 23.2 Å². The fourth-order valence-electron chi connectivity index (χ4n) is 7.84. The molecule has 3 saturated carbocycles. The van der Waals surface area contributed by atoms with E-state index in [1.54, 1.807) is 13.8 Å². The summed E-state index contributed by atoms with van der Waals surface area (Å²) in [5.74, 6) is -1.01. The predicted molar refractivity (Wildman–Crippen MR) is 239 cm³/mol. The molecule has 0 radical (unpaired) electrons. The highest BCUT2D eigenvalue weighted by Crippen LogP contribution is 2.51. The Morgan fingerprint density at radius 2 is 0.915 bits per heavy atom. The first kappa shape index (κ1) is 57.3. The van der Waals surface area contributed by atoms with Gasteiger partial charge in [-0.2, -0.15) is 0 Å². The molecule has 338 valence electrons. The maximum atomic E-state index is 13.6. The molecule has 3 fully saturated rings. The summed E-state index contributed by atoms with van der Waals surface area (Å²) in [4.78, 5) is 10.8. The van der Waals surface area contributed by atoms with Gasteiger partial charge in [0.05, 0.1) is 77.1 Å². The highest BCUT2D eigenvalue weighted by Gasteiger charge is 2.63. The molecule has 3 rings (SSSR count). The van der Waals surface area contributed by atoms with Gasteiger partial charge in [-0.1, -0.05) is 83.1 Å². The van der Waals surface area contributed by atoms with Crippen molar-refractivity contribution in [2.45, 2.75) is 192 Å². The molecule has 0 saturated heterocycles. The number of hydrogen-bond acceptors (Lipinski definition) is 6. The van der Waals surface area contributed by atoms with Gasteiger partial charge in [-0.15, -0.1) is 23.2 Å². The van der Waals surface area contributed by atoms with E-state index in [-0.39, 0.29) is 44.7 Å². The van der Waals surface area contributed by atoms with Crippen LogP contribution in [0.1, 0.15) is 102 Å². The molecule has 12 atom stereocenters. The quantitative estimate of drug-likeness (QED) is 0.115. The van der Waals surface area contributed by atoms with Crippen molar-refractivity contribution < 1.29 is 42.4 Å². The Morgan fingerprint density at radius 3 is 1.20 bits per heavy atom. The topological polar surface area (TPSA) is 112 Å². The highest BCUT2D eigenvalue weighted by atomic mass is 35.5. The average molecular weight is 911 g/mol. The number of nitrogens with zero attached hydrogens (tertiary/aromatic N) is 3. The van der Waals surface area contributed by atoms with E-state index in [9.17, 15) is 33.6 Å². The number of aliphatic hydroxyl groups excluding tert-OH is 4. The van der Waals surface area contributed by atoms with Crippen LogP contribution in [-0.2, 0) is 8.85 Å². The van der Waals surface area contributed by atoms with Crippen molar-refractivity contribution in [2.24, 2.45) is 17.8 Å². The third kappa shape index (κ3) is 11.1. The molecule has 0 amide bonds. The molecule has 59 heavy (non-hydrogen) atoms. The summed E-state index contributed by atoms with van der Waals surface area (Å²) >= 11 is 9.53. The van der Waals surface area contributed by atoms with E-state index < -0.39 is 75.8 Å². The van der Waals surface area contributed by atoms with Crippen LogP contribution in [0, 0.1) is 37.5 Å². The van der Waals surface area contributed by atoms with Crippen molar-refractivity contribution in [1.82, 2.24) is 0 Å². The van der Waals surface area contributed by atoms with Gasteiger partial charge in [-0.05, 0) is 36.3 Å². The summed E-state index contributed by atoms with van der Waals surface area (Å²) < 4.78 is 52.0. The first-order valence-corrected chi connectivity index (χ1v) is 27.1. The number of aliphatic hydroxyl groups is 4. The van der Waals surface area contributed by atoms with E-state index in [0.29, 0.717) is 37.5 Å². The van der Waals surface area contributed by atoms with Crippen LogP contribution in [0.25, 0.3) is 14.5 Å². The van der Waals surface area contributed by atoms with E-state index in [1.807, 2.05) is 27.7 Å². The molecule has 0 bridgehead atoms. The van der Waals surface area contributed by atoms with Crippen molar-refractivity contribution in [2.75, 3.05) is 5.34 Å². The second-order valence-corrected chi connectivity index (χ2v) is 29.2. The Bertz CT molecular complexity index is 1600. The minimum Gasteiger partial charge on any atom is -0.410 e. The fourth-order valence-corrected chi connectivity index (χ4v) is 10.5. The Kier molecular flexibility index (Phi) is 21.4. The molecule has 0 aromatic carbocycles. The van der Waals surface area contributed by atoms with Crippen molar-refractivity contribution in [3.8, 4) is 0 Å². The monoisotopic (exact) mass is 909 g/mol. The minimum atomic E-state index is -2.16. The Morgan fingerprint density at radius 1 is 0.610 bits per heavy atom. The normalized spacial score (nSPS) is 36.7. The Hall–Kier alpha value is -1.75. The van der Waals surface area contributed by atoms with Gasteiger partial charge in [0.2, 0.25) is 0 Å². The molecule has 0 heterocycles. The van der Waals surface area contributed by atoms with Crippen LogP contribution < -0.4 is 0 Å². The Balaban J connectivity index is 0.000000842. The van der Waals surface area contributed by atoms with E-state index in [1.165, 1.54) is 0 Å². The van der Waals surface area contributed by atoms with Crippen LogP contribution in [0.5, 0.6) is 0 Å². The molecular weight excluding hydrogens is 839 g/mol. The lowest BCUT2D eigenvalue weighted by molar-refractivity contribution is 0.0324. The molecule has 0 aliphatic heterocycles. The second-order valence-electron chi connectivity index (χ2n) is 18.8. The van der Waals surface area contributed by atoms with Gasteiger partial charge in [0.15, 0.2) is 16.6 Å². The molecule has 9 nitrogen and oxygen atoms in total. The van der Waals surface area contributed by atoms with E-state index in [4.69, 9.17) is 51.8 Å². The predicted octanol–water partition coefficient (Wildman–Crippen LogP) is 11.3. The van der Waals surface area contributed by atoms with Gasteiger partial charge in [0, 0.05) is 19.3 Å². The van der Waals surface area contributed by atoms with Crippen molar-refractivity contribution in [1.29, 1.82) is 0 Å². The summed E-state index contributed by atoms with van der Waals surface area (Å²) in [5, 5.41) is 40.3. The lowest BCUT2D eigenvalue weighted by Gasteiger charge is -2.40. The largest absolute Gasteiger partial charge is 0.410 e. The first-order valence-electron chi connectivity index (χ1n) is 20.2. The zero-order chi connectivity index (χ0) is 46.9. The van der Waals surface area contributed by atoms with Gasteiger partial charge in [0.25, 0.3) is 16.6 Å². The SMILES string of the molecule is ClCCl.[C-]#[N+][C@]1(CC)/C(=C/F)[C@H](O)[C@H](O)[C@@H]1C.[C-]#[N+][C@]1(CC)/C(=C/F)[C@H](O)[C@H](O[Si](C)(C)C(C)(C)C)[C@@H]1C.[C-]#[N+][C@]1(CC)/C(=C/F)[C@H](O[Si](C)(C)C(C)(C)C)[C@H](O)[C@@H]1C. The van der Waals surface area contributed by atoms with Gasteiger partial charge in [-0.3, -0.25) is 0 Å². The molecule has 3 aliphatic carbocycles. The van der Waals surface area contributed by atoms with E-state index in [0.717, 1.165) is 0 Å². The molecule has 0 unspecified atom stereocenters. The minimum absolute atomic E-state index is 0.00159. The van der Waals surface area contributed by atoms with Crippen molar-refractivity contribution in [3.05, 3.63) is 70.0 Å². The number of hydrogen-bond donors (Lipinski definition) is 4. The molecular formula is C43H72Cl2F3N3O6Si2. The van der Waals surface area contributed by atoms with Gasteiger partial charge in [0.1, 0.15) is 18.3 Å². The summed E-state index contributed by atoms with van der Waals surface area (Å²) in [6.45, 7) is 54.0. The lowest BCUT2D eigenvalue weighted by atomic mass is 9.83. The fraction of sp³-hybridized carbons (Fsp3) is 0.791. The van der Waals surface area contributed by atoms with Crippen LogP contribution in [0.15, 0.2) is 35.7 Å². The Labute approximate surface area is 365 Å². The van der Waals surface area contributed by atoms with Crippen molar-refractivity contribution >= 4 is 39.8 Å². The lowest BCUT2D eigenvalue weighted by Crippen LogP contribution is -2.48. The molecule has 4 N–H and O–H groups in total. The van der Waals surface area contributed by atoms with Gasteiger partial charge >= 0.3 is 0 Å². The molecule has 0 aromatic rings. The number of alkyl halides is 2. The van der Waals surface area contributed by atoms with E-state index in [2.05, 4.69) is 82.3 Å². The zero-order valence-corrected chi connectivity index (χ0v) is 41.6. The third-order valence-corrected chi connectivity index (χ3v) is 23.1. The summed E-state index contributed by atoms with van der Waals surface area (Å²) in [5.41, 5.74) is -2.55. The van der Waals surface area contributed by atoms with Crippen LogP contribution in [0.2, 0.25) is 36.3 Å². The molecule has 3 aliphatic rings. The third-order valence-electron chi connectivity index (χ3n) is 14.2. The highest BCUT2D eigenvalue weighted by molar-refractivity contribution is 6.74. The van der Waals surface area contributed by atoms with Crippen molar-refractivity contribution in [3.63, 3.8) is 0 Å². The van der Waals surface area contributed by atoms with Crippen LogP contribution in [0.3, 0.4) is 0 Å². The van der Waals surface area contributed by atoms with Gasteiger partial charge < -0.3 is 43.8 Å². The second kappa shape index (κ2) is 22.1. The summed E-state index contributed by atoms with van der Waals surface area (Å²) in [6.07, 6.45) is -2.88. The van der Waals surface area contributed by atoms with Crippen LogP contribution in [0.4, 0.5) is 13.2 Å². The molecule has 16 heteroatoms. The smallest absolute Gasteiger partial charge is 0.263 e. The molecule has 0 aromatic heterocycles. The van der Waals surface area contributed by atoms with Gasteiger partial charge in [-0.25, -0.2) is 32.9 Å². The number of halogens is 5. The average Bonchev–Trinajstić information content (AvgIpc) is 3.58. The maximum Gasteiger partial charge on any atom is 0.263 e. The summed E-state index contributed by atoms with van der Waals surface area (Å²) in [7, 11) is -4.25. The zero-order valence-electron chi connectivity index (χ0n) is 38.1. The van der Waals surface area contributed by atoms with E-state index >= 15 is 0 Å². The molecule has 0 spiro atoms. The standard InChI is InChI=1S/2C16H28FNO2Si.C10H14FNO2.CH2Cl2/c1-9-16(18-6)11(2)14(13(19)12(16)10-17)20-21(7,8)15(3,4)5;1-9-16(18-6)11(2)13(19)14(12(16)10-17)20-21(7,8)15(3,4)5;1-4-10(12-3)6(2)8(13)9(14)7(10)5-11;2-1-3/h2*10-11,13-14,19H,9H2,1-5,7-8H3;5-6,8-9,13-14H,4H2,1-2H3;1H2/b2*12-10+;7-5+;/t11-,13-,14+,16-;11-,13+,14-,16-;6-,8+,9-,10-;/m000./s1.